The van der Waals surface area contributed by atoms with E-state index in [1.165, 1.54) is 25.3 Å². The second kappa shape index (κ2) is 3.90. The van der Waals surface area contributed by atoms with E-state index in [4.69, 9.17) is 5.73 Å². The van der Waals surface area contributed by atoms with Crippen molar-refractivity contribution in [1.82, 2.24) is 0 Å². The molecule has 0 aliphatic rings. The number of nitrogens with two attached hydrogens (primary N) is 1. The predicted octanol–water partition coefficient (Wildman–Crippen LogP) is 0.459. The first-order valence-corrected chi connectivity index (χ1v) is 5.93. The van der Waals surface area contributed by atoms with E-state index in [2.05, 4.69) is 4.74 Å². The lowest BCUT2D eigenvalue weighted by molar-refractivity contribution is 0.0596. The van der Waals surface area contributed by atoms with Gasteiger partial charge in [-0.3, -0.25) is 0 Å². The Kier molecular flexibility index (Phi) is 2.99. The number of methoxy groups -OCH3 is 1. The molecule has 0 amide bonds. The van der Waals surface area contributed by atoms with Gasteiger partial charge in [0, 0.05) is 11.9 Å². The second-order valence-electron chi connectivity index (χ2n) is 3.02. The minimum Gasteiger partial charge on any atom is -0.465 e. The highest BCUT2D eigenvalue weighted by Crippen LogP contribution is 2.19. The average Bonchev–Trinajstić information content (AvgIpc) is 2.15. The number of hydrogen-bond acceptors (Lipinski definition) is 5. The highest BCUT2D eigenvalue weighted by Gasteiger charge is 2.19. The van der Waals surface area contributed by atoms with Crippen LogP contribution >= 0.6 is 0 Å². The number of carbonyl (C=O) groups excluding carboxylic acids is 1. The van der Waals surface area contributed by atoms with Gasteiger partial charge in [-0.05, 0) is 18.2 Å². The lowest BCUT2D eigenvalue weighted by atomic mass is 10.2. The van der Waals surface area contributed by atoms with Crippen molar-refractivity contribution in [3.63, 3.8) is 0 Å². The van der Waals surface area contributed by atoms with Crippen LogP contribution in [0, 0.1) is 0 Å². The number of ether oxygens (including phenoxy) is 1. The van der Waals surface area contributed by atoms with E-state index in [0.29, 0.717) is 0 Å². The Balaban J connectivity index is 3.47. The molecule has 6 heteroatoms. The largest absolute Gasteiger partial charge is 0.465 e. The first-order chi connectivity index (χ1) is 6.86. The third-order valence-corrected chi connectivity index (χ3v) is 2.95. The number of benzene rings is 1. The van der Waals surface area contributed by atoms with Crippen molar-refractivity contribution in [2.24, 2.45) is 0 Å². The molecule has 1 rings (SSSR count). The molecule has 0 aromatic heterocycles. The van der Waals surface area contributed by atoms with Crippen molar-refractivity contribution in [2.45, 2.75) is 4.90 Å². The van der Waals surface area contributed by atoms with Gasteiger partial charge in [-0.15, -0.1) is 0 Å². The summed E-state index contributed by atoms with van der Waals surface area (Å²) in [7, 11) is -2.31. The van der Waals surface area contributed by atoms with Crippen molar-refractivity contribution in [3.8, 4) is 0 Å². The molecule has 0 unspecified atom stereocenters. The van der Waals surface area contributed by atoms with Gasteiger partial charge in [0.25, 0.3) is 0 Å². The van der Waals surface area contributed by atoms with Crippen molar-refractivity contribution in [1.29, 1.82) is 0 Å². The molecule has 0 saturated heterocycles. The van der Waals surface area contributed by atoms with Gasteiger partial charge in [0.15, 0.2) is 9.84 Å². The van der Waals surface area contributed by atoms with Crippen LogP contribution in [0.15, 0.2) is 23.1 Å². The smallest absolute Gasteiger partial charge is 0.339 e. The Bertz CT molecular complexity index is 493. The van der Waals surface area contributed by atoms with Gasteiger partial charge in [-0.1, -0.05) is 0 Å². The fourth-order valence-electron chi connectivity index (χ4n) is 1.12. The minimum atomic E-state index is -3.49. The summed E-state index contributed by atoms with van der Waals surface area (Å²) in [6.07, 6.45) is 1.01. The summed E-state index contributed by atoms with van der Waals surface area (Å²) in [5.41, 5.74) is 5.72. The molecular weight excluding hydrogens is 218 g/mol. The number of carbonyl (C=O) groups is 1. The standard InChI is InChI=1S/C9H11NO4S/c1-14-9(11)7-4-3-6(10)5-8(7)15(2,12)13/h3-5H,10H2,1-2H3. The highest BCUT2D eigenvalue weighted by molar-refractivity contribution is 7.90. The Morgan fingerprint density at radius 3 is 2.47 bits per heavy atom. The highest BCUT2D eigenvalue weighted by atomic mass is 32.2. The molecule has 82 valence electrons. The molecule has 0 saturated carbocycles. The van der Waals surface area contributed by atoms with E-state index in [0.717, 1.165) is 6.26 Å². The Morgan fingerprint density at radius 1 is 1.40 bits per heavy atom. The SMILES string of the molecule is COC(=O)c1ccc(N)cc1S(C)(=O)=O. The number of rotatable bonds is 2. The fraction of sp³-hybridized carbons (Fsp3) is 0.222. The van der Waals surface area contributed by atoms with Crippen LogP contribution in [-0.4, -0.2) is 27.8 Å². The Labute approximate surface area is 87.8 Å². The van der Waals surface area contributed by atoms with Crippen LogP contribution in [0.3, 0.4) is 0 Å². The topological polar surface area (TPSA) is 86.5 Å². The van der Waals surface area contributed by atoms with E-state index in [-0.39, 0.29) is 16.1 Å². The zero-order valence-corrected chi connectivity index (χ0v) is 9.17. The average molecular weight is 229 g/mol. The van der Waals surface area contributed by atoms with Gasteiger partial charge in [0.2, 0.25) is 0 Å². The van der Waals surface area contributed by atoms with Crippen molar-refractivity contribution in [3.05, 3.63) is 23.8 Å². The van der Waals surface area contributed by atoms with E-state index < -0.39 is 15.8 Å². The zero-order valence-electron chi connectivity index (χ0n) is 8.35. The Morgan fingerprint density at radius 2 is 2.00 bits per heavy atom. The lowest BCUT2D eigenvalue weighted by Gasteiger charge is -2.06. The maximum Gasteiger partial charge on any atom is 0.339 e. The van der Waals surface area contributed by atoms with Crippen LogP contribution in [0.25, 0.3) is 0 Å². The molecule has 0 radical (unpaired) electrons. The van der Waals surface area contributed by atoms with Crippen LogP contribution in [0.2, 0.25) is 0 Å². The van der Waals surface area contributed by atoms with Crippen molar-refractivity contribution >= 4 is 21.5 Å². The first kappa shape index (κ1) is 11.5. The predicted molar refractivity (Wildman–Crippen MR) is 55.3 cm³/mol. The molecule has 5 nitrogen and oxygen atoms in total. The minimum absolute atomic E-state index is 0.00537. The molecular formula is C9H11NO4S. The van der Waals surface area contributed by atoms with E-state index >= 15 is 0 Å². The summed E-state index contributed by atoms with van der Waals surface area (Å²) < 4.78 is 27.2. The summed E-state index contributed by atoms with van der Waals surface area (Å²) in [5, 5.41) is 0. The fourth-order valence-corrected chi connectivity index (χ4v) is 2.03. The third kappa shape index (κ3) is 2.47. The summed E-state index contributed by atoms with van der Waals surface area (Å²) in [5.74, 6) is -0.699. The molecule has 0 fully saturated rings. The summed E-state index contributed by atoms with van der Waals surface area (Å²) in [4.78, 5) is 11.1. The maximum atomic E-state index is 11.4. The molecule has 1 aromatic rings. The van der Waals surface area contributed by atoms with E-state index in [9.17, 15) is 13.2 Å². The lowest BCUT2D eigenvalue weighted by Crippen LogP contribution is -2.10. The van der Waals surface area contributed by atoms with Gasteiger partial charge < -0.3 is 10.5 Å². The number of sulfone groups is 1. The quantitative estimate of drug-likeness (QED) is 0.588. The summed E-state index contributed by atoms with van der Waals surface area (Å²) in [6.45, 7) is 0. The molecule has 0 aliphatic heterocycles. The van der Waals surface area contributed by atoms with Crippen molar-refractivity contribution in [2.75, 3.05) is 19.1 Å². The van der Waals surface area contributed by atoms with Gasteiger partial charge in [0.05, 0.1) is 17.6 Å². The van der Waals surface area contributed by atoms with E-state index in [1.807, 2.05) is 0 Å². The normalized spacial score (nSPS) is 11.1. The van der Waals surface area contributed by atoms with Crippen LogP contribution < -0.4 is 5.73 Å². The number of esters is 1. The van der Waals surface area contributed by atoms with Gasteiger partial charge >= 0.3 is 5.97 Å². The Hall–Kier alpha value is -1.56. The second-order valence-corrected chi connectivity index (χ2v) is 5.00. The molecule has 0 bridgehead atoms. The zero-order chi connectivity index (χ0) is 11.6. The van der Waals surface area contributed by atoms with Crippen molar-refractivity contribution < 1.29 is 17.9 Å². The molecule has 1 aromatic carbocycles. The van der Waals surface area contributed by atoms with Crippen LogP contribution in [0.5, 0.6) is 0 Å². The summed E-state index contributed by atoms with van der Waals surface area (Å²) >= 11 is 0. The van der Waals surface area contributed by atoms with Crippen LogP contribution in [-0.2, 0) is 14.6 Å². The molecule has 0 aliphatic carbocycles. The van der Waals surface area contributed by atoms with Gasteiger partial charge in [0.1, 0.15) is 0 Å². The third-order valence-electron chi connectivity index (χ3n) is 1.81. The molecule has 15 heavy (non-hydrogen) atoms. The van der Waals surface area contributed by atoms with Crippen LogP contribution in [0.1, 0.15) is 10.4 Å². The molecule has 0 spiro atoms. The number of nitrogen functional groups attached to an aromatic ring is 1. The number of hydrogen-bond donors (Lipinski definition) is 1. The molecule has 2 N–H and O–H groups in total. The van der Waals surface area contributed by atoms with Gasteiger partial charge in [-0.25, -0.2) is 13.2 Å². The van der Waals surface area contributed by atoms with Crippen LogP contribution in [0.4, 0.5) is 5.69 Å². The van der Waals surface area contributed by atoms with Gasteiger partial charge in [-0.2, -0.15) is 0 Å². The number of anilines is 1. The summed E-state index contributed by atoms with van der Waals surface area (Å²) in [6, 6.07) is 4.01. The maximum absolute atomic E-state index is 11.4. The molecule has 0 atom stereocenters. The van der Waals surface area contributed by atoms with E-state index in [1.54, 1.807) is 0 Å². The molecule has 0 heterocycles. The first-order valence-electron chi connectivity index (χ1n) is 4.04. The monoisotopic (exact) mass is 229 g/mol.